The molecule has 0 aromatic heterocycles. The van der Waals surface area contributed by atoms with Gasteiger partial charge in [-0.2, -0.15) is 0 Å². The van der Waals surface area contributed by atoms with E-state index in [1.165, 1.54) is 6.07 Å². The van der Waals surface area contributed by atoms with Crippen molar-refractivity contribution in [3.63, 3.8) is 0 Å². The number of hydrogen-bond acceptors (Lipinski definition) is 2. The molecule has 0 saturated carbocycles. The van der Waals surface area contributed by atoms with Crippen molar-refractivity contribution in [2.24, 2.45) is 5.92 Å². The van der Waals surface area contributed by atoms with Crippen LogP contribution in [0.25, 0.3) is 0 Å². The monoisotopic (exact) mass is 354 g/mol. The van der Waals surface area contributed by atoms with E-state index < -0.39 is 5.82 Å². The Labute approximate surface area is 153 Å². The Balaban J connectivity index is 1.61. The van der Waals surface area contributed by atoms with E-state index in [0.717, 1.165) is 17.5 Å². The summed E-state index contributed by atoms with van der Waals surface area (Å²) in [5, 5.41) is 2.68. The molecule has 1 saturated heterocycles. The summed E-state index contributed by atoms with van der Waals surface area (Å²) in [6, 6.07) is 14.2. The predicted molar refractivity (Wildman–Crippen MR) is 99.2 cm³/mol. The number of halogens is 1. The Morgan fingerprint density at radius 2 is 1.96 bits per heavy atom. The van der Waals surface area contributed by atoms with E-state index in [4.69, 9.17) is 0 Å². The van der Waals surface area contributed by atoms with Crippen molar-refractivity contribution in [2.75, 3.05) is 18.4 Å². The van der Waals surface area contributed by atoms with E-state index >= 15 is 0 Å². The van der Waals surface area contributed by atoms with Gasteiger partial charge in [0.1, 0.15) is 5.82 Å². The first-order valence-corrected chi connectivity index (χ1v) is 8.91. The van der Waals surface area contributed by atoms with Crippen LogP contribution in [0.1, 0.15) is 24.0 Å². The minimum absolute atomic E-state index is 0.0236. The third kappa shape index (κ3) is 4.48. The molecule has 1 unspecified atom stereocenters. The number of amides is 2. The maximum atomic E-state index is 13.9. The van der Waals surface area contributed by atoms with Gasteiger partial charge in [-0.25, -0.2) is 4.39 Å². The average Bonchev–Trinajstić information content (AvgIpc) is 2.65. The molecule has 0 radical (unpaired) electrons. The molecule has 0 spiro atoms. The number of aryl methyl sites for hydroxylation is 1. The first kappa shape index (κ1) is 18.1. The summed E-state index contributed by atoms with van der Waals surface area (Å²) in [7, 11) is 0. The molecular formula is C21H23FN2O2. The maximum Gasteiger partial charge on any atom is 0.229 e. The van der Waals surface area contributed by atoms with Crippen LogP contribution in [0.4, 0.5) is 10.1 Å². The number of hydrogen-bond donors (Lipinski definition) is 1. The van der Waals surface area contributed by atoms with Crippen LogP contribution in [-0.4, -0.2) is 29.8 Å². The molecule has 5 heteroatoms. The van der Waals surface area contributed by atoms with Crippen LogP contribution in [0.5, 0.6) is 0 Å². The summed E-state index contributed by atoms with van der Waals surface area (Å²) in [6.07, 6.45) is 1.81. The molecule has 0 bridgehead atoms. The van der Waals surface area contributed by atoms with Crippen molar-refractivity contribution in [2.45, 2.75) is 26.2 Å². The Bertz CT molecular complexity index is 792. The standard InChI is InChI=1S/C21H23FN2O2/c1-15-9-10-18(22)19(12-15)23-21(26)17-8-5-11-24(14-17)20(25)13-16-6-3-2-4-7-16/h2-4,6-7,9-10,12,17H,5,8,11,13-14H2,1H3,(H,23,26). The van der Waals surface area contributed by atoms with Crippen LogP contribution < -0.4 is 5.32 Å². The molecule has 2 amide bonds. The molecule has 1 N–H and O–H groups in total. The lowest BCUT2D eigenvalue weighted by Gasteiger charge is -2.32. The highest BCUT2D eigenvalue weighted by Gasteiger charge is 2.28. The zero-order chi connectivity index (χ0) is 18.5. The van der Waals surface area contributed by atoms with E-state index in [2.05, 4.69) is 5.32 Å². The van der Waals surface area contributed by atoms with E-state index in [0.29, 0.717) is 25.9 Å². The highest BCUT2D eigenvalue weighted by Crippen LogP contribution is 2.21. The fourth-order valence-corrected chi connectivity index (χ4v) is 3.27. The number of rotatable bonds is 4. The summed E-state index contributed by atoms with van der Waals surface area (Å²) in [6.45, 7) is 2.89. The molecule has 4 nitrogen and oxygen atoms in total. The van der Waals surface area contributed by atoms with Crippen LogP contribution in [0.15, 0.2) is 48.5 Å². The van der Waals surface area contributed by atoms with Gasteiger partial charge in [0, 0.05) is 13.1 Å². The number of nitrogens with one attached hydrogen (secondary N) is 1. The topological polar surface area (TPSA) is 49.4 Å². The van der Waals surface area contributed by atoms with Gasteiger partial charge < -0.3 is 10.2 Å². The van der Waals surface area contributed by atoms with Gasteiger partial charge in [-0.15, -0.1) is 0 Å². The molecule has 136 valence electrons. The zero-order valence-electron chi connectivity index (χ0n) is 14.9. The second-order valence-corrected chi connectivity index (χ2v) is 6.81. The minimum Gasteiger partial charge on any atom is -0.342 e. The smallest absolute Gasteiger partial charge is 0.229 e. The van der Waals surface area contributed by atoms with E-state index in [-0.39, 0.29) is 23.4 Å². The molecule has 2 aromatic carbocycles. The van der Waals surface area contributed by atoms with E-state index in [1.54, 1.807) is 17.0 Å². The summed E-state index contributed by atoms with van der Waals surface area (Å²) in [5.74, 6) is -0.970. The van der Waals surface area contributed by atoms with Crippen molar-refractivity contribution in [1.29, 1.82) is 0 Å². The van der Waals surface area contributed by atoms with Gasteiger partial charge in [-0.05, 0) is 43.0 Å². The molecule has 1 aliphatic rings. The summed E-state index contributed by atoms with van der Waals surface area (Å²) in [4.78, 5) is 26.8. The Morgan fingerprint density at radius 3 is 2.73 bits per heavy atom. The quantitative estimate of drug-likeness (QED) is 0.913. The lowest BCUT2D eigenvalue weighted by Crippen LogP contribution is -2.44. The number of piperidine rings is 1. The lowest BCUT2D eigenvalue weighted by atomic mass is 9.96. The molecule has 1 atom stereocenters. The summed E-state index contributed by atoms with van der Waals surface area (Å²) in [5.41, 5.74) is 2.04. The fourth-order valence-electron chi connectivity index (χ4n) is 3.27. The van der Waals surface area contributed by atoms with Crippen molar-refractivity contribution in [3.8, 4) is 0 Å². The predicted octanol–water partition coefficient (Wildman–Crippen LogP) is 3.55. The molecule has 1 aliphatic heterocycles. The number of carbonyl (C=O) groups is 2. The molecule has 26 heavy (non-hydrogen) atoms. The third-order valence-corrected chi connectivity index (χ3v) is 4.72. The maximum absolute atomic E-state index is 13.9. The van der Waals surface area contributed by atoms with Crippen LogP contribution in [0.3, 0.4) is 0 Å². The first-order chi connectivity index (χ1) is 12.5. The van der Waals surface area contributed by atoms with Crippen molar-refractivity contribution >= 4 is 17.5 Å². The number of likely N-dealkylation sites (tertiary alicyclic amines) is 1. The molecule has 1 fully saturated rings. The number of benzene rings is 2. The van der Waals surface area contributed by atoms with Gasteiger partial charge in [0.2, 0.25) is 11.8 Å². The van der Waals surface area contributed by atoms with Crippen molar-refractivity contribution in [1.82, 2.24) is 4.90 Å². The molecular weight excluding hydrogens is 331 g/mol. The average molecular weight is 354 g/mol. The normalized spacial score (nSPS) is 17.0. The first-order valence-electron chi connectivity index (χ1n) is 8.91. The molecule has 1 heterocycles. The van der Waals surface area contributed by atoms with Crippen LogP contribution >= 0.6 is 0 Å². The molecule has 0 aliphatic carbocycles. The van der Waals surface area contributed by atoms with Crippen molar-refractivity contribution < 1.29 is 14.0 Å². The van der Waals surface area contributed by atoms with Crippen LogP contribution in [0.2, 0.25) is 0 Å². The molecule has 3 rings (SSSR count). The van der Waals surface area contributed by atoms with Gasteiger partial charge in [0.25, 0.3) is 0 Å². The van der Waals surface area contributed by atoms with E-state index in [9.17, 15) is 14.0 Å². The number of carbonyl (C=O) groups excluding carboxylic acids is 2. The van der Waals surface area contributed by atoms with Gasteiger partial charge >= 0.3 is 0 Å². The van der Waals surface area contributed by atoms with Gasteiger partial charge in [-0.3, -0.25) is 9.59 Å². The van der Waals surface area contributed by atoms with Gasteiger partial charge in [0.15, 0.2) is 0 Å². The van der Waals surface area contributed by atoms with Crippen molar-refractivity contribution in [3.05, 3.63) is 65.5 Å². The van der Waals surface area contributed by atoms with Crippen LogP contribution in [0, 0.1) is 18.7 Å². The lowest BCUT2D eigenvalue weighted by molar-refractivity contribution is -0.133. The second-order valence-electron chi connectivity index (χ2n) is 6.81. The van der Waals surface area contributed by atoms with Gasteiger partial charge in [-0.1, -0.05) is 36.4 Å². The third-order valence-electron chi connectivity index (χ3n) is 4.72. The fraction of sp³-hybridized carbons (Fsp3) is 0.333. The highest BCUT2D eigenvalue weighted by atomic mass is 19.1. The Kier molecular flexibility index (Phi) is 5.66. The highest BCUT2D eigenvalue weighted by molar-refractivity contribution is 5.93. The zero-order valence-corrected chi connectivity index (χ0v) is 14.9. The Morgan fingerprint density at radius 1 is 1.19 bits per heavy atom. The largest absolute Gasteiger partial charge is 0.342 e. The second kappa shape index (κ2) is 8.13. The molecule has 2 aromatic rings. The van der Waals surface area contributed by atoms with E-state index in [1.807, 2.05) is 37.3 Å². The minimum atomic E-state index is -0.447. The number of anilines is 1. The Hall–Kier alpha value is -2.69. The van der Waals surface area contributed by atoms with Crippen LogP contribution in [-0.2, 0) is 16.0 Å². The van der Waals surface area contributed by atoms with Gasteiger partial charge in [0.05, 0.1) is 18.0 Å². The summed E-state index contributed by atoms with van der Waals surface area (Å²) >= 11 is 0. The summed E-state index contributed by atoms with van der Waals surface area (Å²) < 4.78 is 13.9. The number of nitrogens with zero attached hydrogens (tertiary/aromatic N) is 1. The SMILES string of the molecule is Cc1ccc(F)c(NC(=O)C2CCCN(C(=O)Cc3ccccc3)C2)c1.